The van der Waals surface area contributed by atoms with E-state index in [-0.39, 0.29) is 29.7 Å². The van der Waals surface area contributed by atoms with E-state index in [2.05, 4.69) is 25.8 Å². The largest absolute Gasteiger partial charge is 0.462 e. The average molecular weight is 480 g/mol. The van der Waals surface area contributed by atoms with E-state index in [9.17, 15) is 14.4 Å². The first-order valence-corrected chi connectivity index (χ1v) is 12.6. The number of aromatic amines is 1. The number of esters is 1. The number of carbonyl (C=O) groups excluding carboxylic acids is 3. The molecule has 9 nitrogen and oxygen atoms in total. The van der Waals surface area contributed by atoms with Gasteiger partial charge in [-0.05, 0) is 31.7 Å². The molecular formula is C21H29N5O4S2. The maximum atomic E-state index is 12.5. The average Bonchev–Trinajstić information content (AvgIpc) is 3.51. The summed E-state index contributed by atoms with van der Waals surface area (Å²) in [5, 5.41) is 13.2. The Labute approximate surface area is 195 Å². The number of aryl methyl sites for hydroxylation is 1. The van der Waals surface area contributed by atoms with E-state index in [1.54, 1.807) is 13.8 Å². The van der Waals surface area contributed by atoms with Crippen LogP contribution in [0, 0.1) is 12.8 Å². The van der Waals surface area contributed by atoms with Crippen LogP contribution in [0.25, 0.3) is 0 Å². The lowest BCUT2D eigenvalue weighted by Crippen LogP contribution is -2.18. The Bertz CT molecular complexity index is 966. The molecule has 0 aromatic carbocycles. The van der Waals surface area contributed by atoms with Crippen LogP contribution in [0.2, 0.25) is 0 Å². The number of amides is 2. The number of hydrogen-bond acceptors (Lipinski definition) is 8. The molecule has 0 aliphatic heterocycles. The minimum Gasteiger partial charge on any atom is -0.462 e. The normalized spacial score (nSPS) is 13.8. The van der Waals surface area contributed by atoms with Gasteiger partial charge >= 0.3 is 5.97 Å². The molecule has 0 unspecified atom stereocenters. The molecule has 1 aliphatic carbocycles. The molecule has 2 aromatic heterocycles. The summed E-state index contributed by atoms with van der Waals surface area (Å²) in [7, 11) is 1.51. The quantitative estimate of drug-likeness (QED) is 0.351. The van der Waals surface area contributed by atoms with Crippen LogP contribution in [-0.4, -0.2) is 52.4 Å². The molecular weight excluding hydrogens is 450 g/mol. The first kappa shape index (κ1) is 24.2. The van der Waals surface area contributed by atoms with Crippen LogP contribution in [0.15, 0.2) is 5.16 Å². The lowest BCUT2D eigenvalue weighted by atomic mass is 10.0. The molecule has 3 N–H and O–H groups in total. The zero-order chi connectivity index (χ0) is 23.1. The lowest BCUT2D eigenvalue weighted by molar-refractivity contribution is -0.113. The number of ether oxygens (including phenoxy) is 1. The highest BCUT2D eigenvalue weighted by Crippen LogP contribution is 2.34. The van der Waals surface area contributed by atoms with Crippen molar-refractivity contribution in [1.82, 2.24) is 20.5 Å². The van der Waals surface area contributed by atoms with E-state index >= 15 is 0 Å². The zero-order valence-electron chi connectivity index (χ0n) is 18.6. The van der Waals surface area contributed by atoms with Crippen molar-refractivity contribution in [2.24, 2.45) is 5.92 Å². The Morgan fingerprint density at radius 1 is 1.28 bits per heavy atom. The molecule has 32 heavy (non-hydrogen) atoms. The van der Waals surface area contributed by atoms with Gasteiger partial charge in [0.15, 0.2) is 0 Å². The third kappa shape index (κ3) is 6.10. The minimum atomic E-state index is -0.569. The number of rotatable bonds is 10. The van der Waals surface area contributed by atoms with E-state index in [1.807, 2.05) is 0 Å². The zero-order valence-corrected chi connectivity index (χ0v) is 20.2. The van der Waals surface area contributed by atoms with Gasteiger partial charge in [0, 0.05) is 13.5 Å². The Kier molecular flexibility index (Phi) is 8.68. The fraction of sp³-hybridized carbons (Fsp3) is 0.571. The summed E-state index contributed by atoms with van der Waals surface area (Å²) in [4.78, 5) is 41.9. The molecule has 1 aliphatic rings. The van der Waals surface area contributed by atoms with Crippen molar-refractivity contribution in [3.05, 3.63) is 21.8 Å². The van der Waals surface area contributed by atoms with Gasteiger partial charge in [-0.3, -0.25) is 14.7 Å². The van der Waals surface area contributed by atoms with E-state index in [0.717, 1.165) is 35.9 Å². The SMILES string of the molecule is CCOC(=O)c1c(NC(=O)CSc2n[nH]c(CCC3CCCC3)n2)sc(C(=O)NC)c1C. The number of hydrogen-bond donors (Lipinski definition) is 3. The number of nitrogens with zero attached hydrogens (tertiary/aromatic N) is 2. The first-order valence-electron chi connectivity index (χ1n) is 10.8. The minimum absolute atomic E-state index is 0.0778. The maximum absolute atomic E-state index is 12.5. The van der Waals surface area contributed by atoms with Crippen molar-refractivity contribution >= 4 is 45.9 Å². The smallest absolute Gasteiger partial charge is 0.341 e. The Morgan fingerprint density at radius 3 is 2.72 bits per heavy atom. The van der Waals surface area contributed by atoms with Gasteiger partial charge in [-0.2, -0.15) is 0 Å². The van der Waals surface area contributed by atoms with Crippen LogP contribution in [0.1, 0.15) is 70.4 Å². The third-order valence-electron chi connectivity index (χ3n) is 5.42. The maximum Gasteiger partial charge on any atom is 0.341 e. The molecule has 174 valence electrons. The lowest BCUT2D eigenvalue weighted by Gasteiger charge is -2.06. The molecule has 0 atom stereocenters. The second-order valence-corrected chi connectivity index (χ2v) is 9.61. The Balaban J connectivity index is 1.59. The second-order valence-electron chi connectivity index (χ2n) is 7.65. The standard InChI is InChI=1S/C21H29N5O4S2/c1-4-30-20(29)16-12(2)17(18(28)22-3)32-19(16)24-15(27)11-31-21-23-14(25-26-21)10-9-13-7-5-6-8-13/h13H,4-11H2,1-3H3,(H,22,28)(H,24,27)(H,23,25,26). The fourth-order valence-corrected chi connectivity index (χ4v) is 5.54. The van der Waals surface area contributed by atoms with Crippen molar-refractivity contribution in [3.63, 3.8) is 0 Å². The van der Waals surface area contributed by atoms with Gasteiger partial charge in [-0.25, -0.2) is 9.78 Å². The van der Waals surface area contributed by atoms with Crippen LogP contribution in [0.3, 0.4) is 0 Å². The van der Waals surface area contributed by atoms with Crippen molar-refractivity contribution in [2.45, 2.75) is 57.5 Å². The molecule has 3 rings (SSSR count). The van der Waals surface area contributed by atoms with Crippen LogP contribution >= 0.6 is 23.1 Å². The highest BCUT2D eigenvalue weighted by Gasteiger charge is 2.26. The molecule has 1 fully saturated rings. The van der Waals surface area contributed by atoms with Crippen molar-refractivity contribution in [2.75, 3.05) is 24.7 Å². The van der Waals surface area contributed by atoms with Crippen LogP contribution < -0.4 is 10.6 Å². The second kappa shape index (κ2) is 11.5. The molecule has 0 spiro atoms. The van der Waals surface area contributed by atoms with Crippen molar-refractivity contribution < 1.29 is 19.1 Å². The van der Waals surface area contributed by atoms with Gasteiger partial charge in [-0.1, -0.05) is 37.4 Å². The number of aromatic nitrogens is 3. The Hall–Kier alpha value is -2.40. The van der Waals surface area contributed by atoms with Crippen molar-refractivity contribution in [1.29, 1.82) is 0 Å². The van der Waals surface area contributed by atoms with E-state index in [1.165, 1.54) is 44.5 Å². The van der Waals surface area contributed by atoms with Crippen molar-refractivity contribution in [3.8, 4) is 0 Å². The highest BCUT2D eigenvalue weighted by molar-refractivity contribution is 7.99. The molecule has 0 saturated heterocycles. The predicted molar refractivity (Wildman–Crippen MR) is 124 cm³/mol. The van der Waals surface area contributed by atoms with Gasteiger partial charge in [0.25, 0.3) is 5.91 Å². The van der Waals surface area contributed by atoms with Gasteiger partial charge in [-0.15, -0.1) is 16.4 Å². The first-order chi connectivity index (χ1) is 15.4. The summed E-state index contributed by atoms with van der Waals surface area (Å²) in [5.41, 5.74) is 0.692. The highest BCUT2D eigenvalue weighted by atomic mass is 32.2. The number of carbonyl (C=O) groups is 3. The summed E-state index contributed by atoms with van der Waals surface area (Å²) >= 11 is 2.27. The predicted octanol–water partition coefficient (Wildman–Crippen LogP) is 3.56. The number of thioether (sulfide) groups is 1. The molecule has 2 aromatic rings. The number of H-pyrrole nitrogens is 1. The molecule has 2 amide bonds. The fourth-order valence-electron chi connectivity index (χ4n) is 3.77. The number of nitrogens with one attached hydrogen (secondary N) is 3. The molecule has 11 heteroatoms. The third-order valence-corrected chi connectivity index (χ3v) is 7.47. The van der Waals surface area contributed by atoms with Crippen LogP contribution in [0.5, 0.6) is 0 Å². The van der Waals surface area contributed by atoms with E-state index < -0.39 is 5.97 Å². The van der Waals surface area contributed by atoms with E-state index in [4.69, 9.17) is 4.74 Å². The summed E-state index contributed by atoms with van der Waals surface area (Å²) in [5.74, 6) is 0.494. The van der Waals surface area contributed by atoms with E-state index in [0.29, 0.717) is 20.6 Å². The van der Waals surface area contributed by atoms with Gasteiger partial charge in [0.05, 0.1) is 22.8 Å². The van der Waals surface area contributed by atoms with Crippen LogP contribution in [0.4, 0.5) is 5.00 Å². The number of thiophene rings is 1. The molecule has 0 bridgehead atoms. The molecule has 0 radical (unpaired) electrons. The molecule has 1 saturated carbocycles. The van der Waals surface area contributed by atoms with Gasteiger partial charge in [0.2, 0.25) is 11.1 Å². The van der Waals surface area contributed by atoms with Crippen LogP contribution in [-0.2, 0) is 16.0 Å². The van der Waals surface area contributed by atoms with Gasteiger partial charge < -0.3 is 15.4 Å². The summed E-state index contributed by atoms with van der Waals surface area (Å²) in [6, 6.07) is 0. The summed E-state index contributed by atoms with van der Waals surface area (Å²) in [6.45, 7) is 3.56. The van der Waals surface area contributed by atoms with Gasteiger partial charge in [0.1, 0.15) is 10.8 Å². The monoisotopic (exact) mass is 479 g/mol. The summed E-state index contributed by atoms with van der Waals surface area (Å²) < 4.78 is 5.10. The Morgan fingerprint density at radius 2 is 2.03 bits per heavy atom. The molecule has 2 heterocycles. The number of anilines is 1. The summed E-state index contributed by atoms with van der Waals surface area (Å²) in [6.07, 6.45) is 7.22. The topological polar surface area (TPSA) is 126 Å².